The molecule has 16 heavy (non-hydrogen) atoms. The van der Waals surface area contributed by atoms with Gasteiger partial charge in [0, 0.05) is 11.3 Å². The summed E-state index contributed by atoms with van der Waals surface area (Å²) in [4.78, 5) is 19.5. The summed E-state index contributed by atoms with van der Waals surface area (Å²) in [5.74, 6) is -0.817. The zero-order chi connectivity index (χ0) is 11.8. The summed E-state index contributed by atoms with van der Waals surface area (Å²) < 4.78 is -0.843. The number of carboxylic acid groups (broad SMARTS) is 1. The number of thioether (sulfide) groups is 1. The van der Waals surface area contributed by atoms with Crippen LogP contribution in [0.5, 0.6) is 0 Å². The summed E-state index contributed by atoms with van der Waals surface area (Å²) in [7, 11) is 0. The third-order valence-corrected chi connectivity index (χ3v) is 3.93. The van der Waals surface area contributed by atoms with Gasteiger partial charge in [0.05, 0.1) is 0 Å². The standard InChI is InChI=1S/C11H14N2O2S/c1-11(2,10(14)15)16-9-7-4-3-5-8(7)12-6-13-9/h6H,3-5H2,1-2H3,(H,14,15). The Morgan fingerprint density at radius 2 is 2.19 bits per heavy atom. The molecule has 0 aromatic carbocycles. The van der Waals surface area contributed by atoms with Gasteiger partial charge in [0.2, 0.25) is 0 Å². The van der Waals surface area contributed by atoms with Crippen LogP contribution in [0.1, 0.15) is 31.5 Å². The highest BCUT2D eigenvalue weighted by molar-refractivity contribution is 8.01. The molecule has 4 nitrogen and oxygen atoms in total. The van der Waals surface area contributed by atoms with Crippen molar-refractivity contribution in [2.45, 2.75) is 42.9 Å². The number of nitrogens with zero attached hydrogens (tertiary/aromatic N) is 2. The molecule has 1 aliphatic rings. The first kappa shape index (κ1) is 11.4. The molecule has 0 fully saturated rings. The molecule has 0 aliphatic heterocycles. The molecule has 1 aromatic rings. The van der Waals surface area contributed by atoms with E-state index in [9.17, 15) is 4.79 Å². The quantitative estimate of drug-likeness (QED) is 0.644. The Bertz CT molecular complexity index is 432. The summed E-state index contributed by atoms with van der Waals surface area (Å²) in [6.07, 6.45) is 4.58. The number of hydrogen-bond acceptors (Lipinski definition) is 4. The number of fused-ring (bicyclic) bond motifs is 1. The van der Waals surface area contributed by atoms with E-state index in [2.05, 4.69) is 9.97 Å². The molecule has 1 heterocycles. The molecule has 0 saturated carbocycles. The highest BCUT2D eigenvalue weighted by Gasteiger charge is 2.31. The van der Waals surface area contributed by atoms with Crippen molar-refractivity contribution in [2.75, 3.05) is 0 Å². The maximum atomic E-state index is 11.1. The lowest BCUT2D eigenvalue weighted by Gasteiger charge is -2.18. The molecule has 5 heteroatoms. The Labute approximate surface area is 98.5 Å². The van der Waals surface area contributed by atoms with Crippen LogP contribution in [-0.2, 0) is 17.6 Å². The zero-order valence-electron chi connectivity index (χ0n) is 9.36. The minimum absolute atomic E-state index is 0.817. The van der Waals surface area contributed by atoms with E-state index in [0.717, 1.165) is 35.5 Å². The summed E-state index contributed by atoms with van der Waals surface area (Å²) in [6, 6.07) is 0. The highest BCUT2D eigenvalue weighted by atomic mass is 32.2. The van der Waals surface area contributed by atoms with Gasteiger partial charge in [-0.25, -0.2) is 9.97 Å². The number of aliphatic carboxylic acids is 1. The number of carbonyl (C=O) groups is 1. The average Bonchev–Trinajstić information content (AvgIpc) is 2.65. The Hall–Kier alpha value is -1.10. The maximum absolute atomic E-state index is 11.1. The van der Waals surface area contributed by atoms with Crippen molar-refractivity contribution in [1.29, 1.82) is 0 Å². The number of hydrogen-bond donors (Lipinski definition) is 1. The minimum Gasteiger partial charge on any atom is -0.480 e. The van der Waals surface area contributed by atoms with Gasteiger partial charge in [-0.1, -0.05) is 11.8 Å². The topological polar surface area (TPSA) is 63.1 Å². The van der Waals surface area contributed by atoms with E-state index < -0.39 is 10.7 Å². The molecule has 2 rings (SSSR count). The molecule has 86 valence electrons. The van der Waals surface area contributed by atoms with Crippen LogP contribution in [0.2, 0.25) is 0 Å². The molecule has 0 radical (unpaired) electrons. The lowest BCUT2D eigenvalue weighted by atomic mass is 10.2. The van der Waals surface area contributed by atoms with Gasteiger partial charge in [-0.15, -0.1) is 0 Å². The summed E-state index contributed by atoms with van der Waals surface area (Å²) in [5, 5.41) is 9.92. The maximum Gasteiger partial charge on any atom is 0.319 e. The molecular formula is C11H14N2O2S. The van der Waals surface area contributed by atoms with Gasteiger partial charge in [0.15, 0.2) is 0 Å². The number of aromatic nitrogens is 2. The normalized spacial score (nSPS) is 14.9. The lowest BCUT2D eigenvalue weighted by Crippen LogP contribution is -2.27. The second-order valence-corrected chi connectivity index (χ2v) is 5.99. The van der Waals surface area contributed by atoms with E-state index in [-0.39, 0.29) is 0 Å². The zero-order valence-corrected chi connectivity index (χ0v) is 10.2. The Balaban J connectivity index is 2.29. The third kappa shape index (κ3) is 2.04. The van der Waals surface area contributed by atoms with E-state index in [1.165, 1.54) is 18.1 Å². The van der Waals surface area contributed by atoms with Crippen LogP contribution < -0.4 is 0 Å². The fourth-order valence-corrected chi connectivity index (χ4v) is 2.72. The van der Waals surface area contributed by atoms with Crippen LogP contribution in [0.25, 0.3) is 0 Å². The fraction of sp³-hybridized carbons (Fsp3) is 0.545. The Morgan fingerprint density at radius 3 is 2.88 bits per heavy atom. The molecule has 1 N–H and O–H groups in total. The van der Waals surface area contributed by atoms with Crippen molar-refractivity contribution in [3.05, 3.63) is 17.6 Å². The minimum atomic E-state index is -0.843. The lowest BCUT2D eigenvalue weighted by molar-refractivity contribution is -0.138. The molecule has 1 aromatic heterocycles. The molecule has 1 aliphatic carbocycles. The summed E-state index contributed by atoms with van der Waals surface area (Å²) in [6.45, 7) is 3.40. The predicted molar refractivity (Wildman–Crippen MR) is 61.6 cm³/mol. The average molecular weight is 238 g/mol. The summed E-state index contributed by atoms with van der Waals surface area (Å²) in [5.41, 5.74) is 2.22. The van der Waals surface area contributed by atoms with Gasteiger partial charge in [0.1, 0.15) is 16.1 Å². The van der Waals surface area contributed by atoms with E-state index in [1.54, 1.807) is 13.8 Å². The molecule has 0 saturated heterocycles. The number of aryl methyl sites for hydroxylation is 1. The van der Waals surface area contributed by atoms with Crippen molar-refractivity contribution in [1.82, 2.24) is 9.97 Å². The van der Waals surface area contributed by atoms with Gasteiger partial charge >= 0.3 is 5.97 Å². The smallest absolute Gasteiger partial charge is 0.319 e. The van der Waals surface area contributed by atoms with Crippen LogP contribution in [0.15, 0.2) is 11.4 Å². The van der Waals surface area contributed by atoms with Crippen LogP contribution in [0.4, 0.5) is 0 Å². The van der Waals surface area contributed by atoms with E-state index >= 15 is 0 Å². The summed E-state index contributed by atoms with van der Waals surface area (Å²) >= 11 is 1.31. The number of rotatable bonds is 3. The van der Waals surface area contributed by atoms with Gasteiger partial charge in [-0.05, 0) is 33.1 Å². The molecule has 0 bridgehead atoms. The molecule has 0 spiro atoms. The van der Waals surface area contributed by atoms with Crippen LogP contribution in [0, 0.1) is 0 Å². The van der Waals surface area contributed by atoms with Crippen LogP contribution in [0.3, 0.4) is 0 Å². The van der Waals surface area contributed by atoms with Crippen LogP contribution in [-0.4, -0.2) is 25.8 Å². The molecule has 0 amide bonds. The Morgan fingerprint density at radius 1 is 1.44 bits per heavy atom. The Kier molecular flexibility index (Phi) is 2.88. The van der Waals surface area contributed by atoms with Gasteiger partial charge in [-0.2, -0.15) is 0 Å². The van der Waals surface area contributed by atoms with E-state index in [0.29, 0.717) is 0 Å². The SMILES string of the molecule is CC(C)(Sc1ncnc2c1CCC2)C(=O)O. The second-order valence-electron chi connectivity index (χ2n) is 4.38. The van der Waals surface area contributed by atoms with Gasteiger partial charge in [0.25, 0.3) is 0 Å². The molecule has 0 atom stereocenters. The van der Waals surface area contributed by atoms with Crippen molar-refractivity contribution >= 4 is 17.7 Å². The van der Waals surface area contributed by atoms with Crippen molar-refractivity contribution in [3.63, 3.8) is 0 Å². The van der Waals surface area contributed by atoms with Crippen molar-refractivity contribution in [3.8, 4) is 0 Å². The van der Waals surface area contributed by atoms with Crippen LogP contribution >= 0.6 is 11.8 Å². The monoisotopic (exact) mass is 238 g/mol. The van der Waals surface area contributed by atoms with Gasteiger partial charge in [-0.3, -0.25) is 4.79 Å². The molecular weight excluding hydrogens is 224 g/mol. The first-order valence-corrected chi connectivity index (χ1v) is 6.07. The largest absolute Gasteiger partial charge is 0.480 e. The van der Waals surface area contributed by atoms with Crippen molar-refractivity contribution < 1.29 is 9.90 Å². The van der Waals surface area contributed by atoms with E-state index in [4.69, 9.17) is 5.11 Å². The predicted octanol–water partition coefficient (Wildman–Crippen LogP) is 1.92. The van der Waals surface area contributed by atoms with E-state index in [1.807, 2.05) is 0 Å². The highest BCUT2D eigenvalue weighted by Crippen LogP contribution is 2.36. The second kappa shape index (κ2) is 4.05. The third-order valence-electron chi connectivity index (χ3n) is 2.70. The van der Waals surface area contributed by atoms with Crippen molar-refractivity contribution in [2.24, 2.45) is 0 Å². The molecule has 0 unspecified atom stereocenters. The first-order valence-electron chi connectivity index (χ1n) is 5.26. The number of carboxylic acids is 1. The fourth-order valence-electron chi connectivity index (χ4n) is 1.70. The first-order chi connectivity index (χ1) is 7.50. The van der Waals surface area contributed by atoms with Gasteiger partial charge < -0.3 is 5.11 Å².